The van der Waals surface area contributed by atoms with Gasteiger partial charge in [0, 0.05) is 23.1 Å². The SMILES string of the molecule is CC(C)C(CCO)NS(=O)(=O)/C=C/c1ccccc1Cl. The number of rotatable bonds is 7. The van der Waals surface area contributed by atoms with Crippen molar-refractivity contribution in [2.75, 3.05) is 6.61 Å². The summed E-state index contributed by atoms with van der Waals surface area (Å²) in [5.74, 6) is 0.102. The van der Waals surface area contributed by atoms with Crippen LogP contribution < -0.4 is 4.72 Å². The van der Waals surface area contributed by atoms with Crippen LogP contribution in [0.4, 0.5) is 0 Å². The van der Waals surface area contributed by atoms with E-state index in [9.17, 15) is 8.42 Å². The predicted molar refractivity (Wildman–Crippen MR) is 82.9 cm³/mol. The molecule has 0 aliphatic carbocycles. The number of hydrogen-bond donors (Lipinski definition) is 2. The van der Waals surface area contributed by atoms with Crippen LogP contribution in [-0.4, -0.2) is 26.2 Å². The molecule has 0 bridgehead atoms. The van der Waals surface area contributed by atoms with Crippen molar-refractivity contribution in [1.29, 1.82) is 0 Å². The average molecular weight is 318 g/mol. The summed E-state index contributed by atoms with van der Waals surface area (Å²) in [7, 11) is -3.56. The number of halogens is 1. The third-order valence-corrected chi connectivity index (χ3v) is 4.36. The molecule has 20 heavy (non-hydrogen) atoms. The van der Waals surface area contributed by atoms with Gasteiger partial charge in [-0.25, -0.2) is 13.1 Å². The molecule has 0 radical (unpaired) electrons. The Balaban J connectivity index is 2.82. The Morgan fingerprint density at radius 1 is 1.35 bits per heavy atom. The van der Waals surface area contributed by atoms with Gasteiger partial charge in [0.25, 0.3) is 0 Å². The van der Waals surface area contributed by atoms with Crippen LogP contribution in [0.15, 0.2) is 29.7 Å². The second kappa shape index (κ2) is 7.78. The molecule has 4 nitrogen and oxygen atoms in total. The molecule has 1 rings (SSSR count). The van der Waals surface area contributed by atoms with Crippen molar-refractivity contribution in [2.24, 2.45) is 5.92 Å². The van der Waals surface area contributed by atoms with E-state index < -0.39 is 10.0 Å². The van der Waals surface area contributed by atoms with Crippen LogP contribution in [0.1, 0.15) is 25.8 Å². The first kappa shape index (κ1) is 17.2. The molecule has 0 spiro atoms. The van der Waals surface area contributed by atoms with Crippen molar-refractivity contribution in [3.63, 3.8) is 0 Å². The molecule has 112 valence electrons. The molecule has 1 aromatic carbocycles. The molecular formula is C14H20ClNO3S. The predicted octanol–water partition coefficient (Wildman–Crippen LogP) is 2.64. The maximum absolute atomic E-state index is 12.0. The molecule has 0 saturated heterocycles. The van der Waals surface area contributed by atoms with Gasteiger partial charge >= 0.3 is 0 Å². The van der Waals surface area contributed by atoms with Crippen molar-refractivity contribution in [3.8, 4) is 0 Å². The number of benzene rings is 1. The van der Waals surface area contributed by atoms with E-state index in [0.717, 1.165) is 5.41 Å². The molecule has 0 aliphatic heterocycles. The summed E-state index contributed by atoms with van der Waals surface area (Å²) >= 11 is 5.96. The molecule has 0 aliphatic rings. The number of hydrogen-bond acceptors (Lipinski definition) is 3. The molecule has 0 fully saturated rings. The summed E-state index contributed by atoms with van der Waals surface area (Å²) < 4.78 is 26.5. The lowest BCUT2D eigenvalue weighted by Crippen LogP contribution is -2.38. The van der Waals surface area contributed by atoms with E-state index in [-0.39, 0.29) is 18.6 Å². The van der Waals surface area contributed by atoms with Crippen molar-refractivity contribution >= 4 is 27.7 Å². The Bertz CT molecular complexity index is 555. The van der Waals surface area contributed by atoms with Crippen LogP contribution in [0.25, 0.3) is 6.08 Å². The van der Waals surface area contributed by atoms with E-state index in [0.29, 0.717) is 17.0 Å². The van der Waals surface area contributed by atoms with Gasteiger partial charge in [-0.2, -0.15) is 0 Å². The molecule has 0 heterocycles. The van der Waals surface area contributed by atoms with Gasteiger partial charge in [0.1, 0.15) is 0 Å². The van der Waals surface area contributed by atoms with E-state index in [1.807, 2.05) is 13.8 Å². The lowest BCUT2D eigenvalue weighted by atomic mass is 10.0. The Kier molecular flexibility index (Phi) is 6.68. The van der Waals surface area contributed by atoms with Crippen LogP contribution in [0.2, 0.25) is 5.02 Å². The summed E-state index contributed by atoms with van der Waals surface area (Å²) in [6.45, 7) is 3.75. The fraction of sp³-hybridized carbons (Fsp3) is 0.429. The zero-order valence-electron chi connectivity index (χ0n) is 11.6. The normalized spacial score (nSPS) is 14.1. The summed E-state index contributed by atoms with van der Waals surface area (Å²) in [4.78, 5) is 0. The van der Waals surface area contributed by atoms with Gasteiger partial charge in [0.2, 0.25) is 10.0 Å². The van der Waals surface area contributed by atoms with Crippen molar-refractivity contribution in [2.45, 2.75) is 26.3 Å². The summed E-state index contributed by atoms with van der Waals surface area (Å²) in [6.07, 6.45) is 1.85. The monoisotopic (exact) mass is 317 g/mol. The van der Waals surface area contributed by atoms with Gasteiger partial charge in [0.05, 0.1) is 0 Å². The molecule has 0 aromatic heterocycles. The van der Waals surface area contributed by atoms with E-state index in [1.165, 1.54) is 6.08 Å². The van der Waals surface area contributed by atoms with Gasteiger partial charge < -0.3 is 5.11 Å². The molecule has 1 aromatic rings. The molecule has 1 atom stereocenters. The maximum atomic E-state index is 12.0. The molecule has 6 heteroatoms. The van der Waals surface area contributed by atoms with E-state index in [2.05, 4.69) is 4.72 Å². The molecule has 2 N–H and O–H groups in total. The standard InChI is InChI=1S/C14H20ClNO3S/c1-11(2)14(7-9-17)16-20(18,19)10-8-12-5-3-4-6-13(12)15/h3-6,8,10-11,14,16-17H,7,9H2,1-2H3/b10-8+. The number of aliphatic hydroxyl groups is 1. The third-order valence-electron chi connectivity index (χ3n) is 2.89. The van der Waals surface area contributed by atoms with Crippen molar-refractivity contribution in [1.82, 2.24) is 4.72 Å². The van der Waals surface area contributed by atoms with Gasteiger partial charge in [-0.1, -0.05) is 43.6 Å². The lowest BCUT2D eigenvalue weighted by molar-refractivity contribution is 0.256. The Morgan fingerprint density at radius 2 is 2.00 bits per heavy atom. The highest BCUT2D eigenvalue weighted by atomic mass is 35.5. The zero-order chi connectivity index (χ0) is 15.2. The minimum atomic E-state index is -3.56. The minimum Gasteiger partial charge on any atom is -0.396 e. The van der Waals surface area contributed by atoms with E-state index in [1.54, 1.807) is 24.3 Å². The highest BCUT2D eigenvalue weighted by Crippen LogP contribution is 2.17. The highest BCUT2D eigenvalue weighted by Gasteiger charge is 2.18. The largest absolute Gasteiger partial charge is 0.396 e. The summed E-state index contributed by atoms with van der Waals surface area (Å²) in [5.41, 5.74) is 0.641. The number of nitrogens with one attached hydrogen (secondary N) is 1. The fourth-order valence-corrected chi connectivity index (χ4v) is 3.11. The first-order chi connectivity index (χ1) is 9.35. The van der Waals surface area contributed by atoms with Crippen LogP contribution in [0.5, 0.6) is 0 Å². The second-order valence-corrected chi connectivity index (χ2v) is 6.86. The topological polar surface area (TPSA) is 66.4 Å². The quantitative estimate of drug-likeness (QED) is 0.812. The van der Waals surface area contributed by atoms with Gasteiger partial charge in [-0.05, 0) is 30.0 Å². The summed E-state index contributed by atoms with van der Waals surface area (Å²) in [5, 5.41) is 10.5. The fourth-order valence-electron chi connectivity index (χ4n) is 1.69. The zero-order valence-corrected chi connectivity index (χ0v) is 13.2. The van der Waals surface area contributed by atoms with Crippen LogP contribution in [0, 0.1) is 5.92 Å². The van der Waals surface area contributed by atoms with Crippen LogP contribution in [0.3, 0.4) is 0 Å². The smallest absolute Gasteiger partial charge is 0.233 e. The maximum Gasteiger partial charge on any atom is 0.233 e. The van der Waals surface area contributed by atoms with Crippen molar-refractivity contribution < 1.29 is 13.5 Å². The Hall–Kier alpha value is -0.880. The molecule has 0 amide bonds. The van der Waals surface area contributed by atoms with Gasteiger partial charge in [-0.15, -0.1) is 0 Å². The molecular weight excluding hydrogens is 298 g/mol. The first-order valence-corrected chi connectivity index (χ1v) is 8.34. The summed E-state index contributed by atoms with van der Waals surface area (Å²) in [6, 6.07) is 6.71. The Labute approximate surface area is 125 Å². The number of sulfonamides is 1. The number of aliphatic hydroxyl groups excluding tert-OH is 1. The second-order valence-electron chi connectivity index (χ2n) is 4.85. The molecule has 1 unspecified atom stereocenters. The van der Waals surface area contributed by atoms with E-state index >= 15 is 0 Å². The van der Waals surface area contributed by atoms with Crippen LogP contribution in [-0.2, 0) is 10.0 Å². The van der Waals surface area contributed by atoms with Gasteiger partial charge in [0.15, 0.2) is 0 Å². The van der Waals surface area contributed by atoms with E-state index in [4.69, 9.17) is 16.7 Å². The minimum absolute atomic E-state index is 0.0560. The third kappa shape index (κ3) is 5.63. The average Bonchev–Trinajstić information content (AvgIpc) is 2.37. The molecule has 0 saturated carbocycles. The Morgan fingerprint density at radius 3 is 2.55 bits per heavy atom. The van der Waals surface area contributed by atoms with Crippen molar-refractivity contribution in [3.05, 3.63) is 40.3 Å². The highest BCUT2D eigenvalue weighted by molar-refractivity contribution is 7.92. The first-order valence-electron chi connectivity index (χ1n) is 6.41. The van der Waals surface area contributed by atoms with Gasteiger partial charge in [-0.3, -0.25) is 0 Å². The van der Waals surface area contributed by atoms with Crippen LogP contribution >= 0.6 is 11.6 Å². The lowest BCUT2D eigenvalue weighted by Gasteiger charge is -2.20.